The van der Waals surface area contributed by atoms with Gasteiger partial charge >= 0.3 is 0 Å². The summed E-state index contributed by atoms with van der Waals surface area (Å²) in [5, 5.41) is 11.5. The number of nitrogens with zero attached hydrogens (tertiary/aromatic N) is 1. The summed E-state index contributed by atoms with van der Waals surface area (Å²) in [6.07, 6.45) is 4.88. The zero-order chi connectivity index (χ0) is 21.3. The highest BCUT2D eigenvalue weighted by Crippen LogP contribution is 2.43. The fourth-order valence-corrected chi connectivity index (χ4v) is 4.71. The van der Waals surface area contributed by atoms with Gasteiger partial charge in [-0.1, -0.05) is 55.1 Å². The standard InChI is InChI=1S/C24H24ClNO4/c1-30-19-12-6-7-15(14-19)21-20(22(27)16-8-5-9-17(25)13-16)23(28)24(29)26(21)18-10-3-2-4-11-18/h5-9,12-14,18,21,27H,2-4,10-11H2,1H3/b22-20-. The highest BCUT2D eigenvalue weighted by molar-refractivity contribution is 6.46. The number of rotatable bonds is 4. The van der Waals surface area contributed by atoms with Crippen LogP contribution in [0.1, 0.15) is 49.3 Å². The smallest absolute Gasteiger partial charge is 0.295 e. The van der Waals surface area contributed by atoms with E-state index in [0.29, 0.717) is 16.3 Å². The average molecular weight is 426 g/mol. The number of Topliss-reactive ketones (excluding diaryl/α,β-unsaturated/α-hetero) is 1. The van der Waals surface area contributed by atoms with Gasteiger partial charge in [-0.3, -0.25) is 9.59 Å². The van der Waals surface area contributed by atoms with Crippen molar-refractivity contribution in [2.75, 3.05) is 7.11 Å². The molecule has 1 heterocycles. The van der Waals surface area contributed by atoms with Gasteiger partial charge in [-0.2, -0.15) is 0 Å². The van der Waals surface area contributed by atoms with E-state index in [1.165, 1.54) is 0 Å². The van der Waals surface area contributed by atoms with Crippen molar-refractivity contribution >= 4 is 29.1 Å². The molecule has 2 aliphatic rings. The number of aliphatic hydroxyl groups excluding tert-OH is 1. The summed E-state index contributed by atoms with van der Waals surface area (Å²) in [4.78, 5) is 27.9. The molecule has 156 valence electrons. The number of amides is 1. The van der Waals surface area contributed by atoms with Crippen molar-refractivity contribution in [1.82, 2.24) is 4.90 Å². The Labute approximate surface area is 180 Å². The molecule has 0 bridgehead atoms. The van der Waals surface area contributed by atoms with Crippen LogP contribution in [0.3, 0.4) is 0 Å². The van der Waals surface area contributed by atoms with Crippen LogP contribution in [0.15, 0.2) is 54.1 Å². The number of likely N-dealkylation sites (tertiary alicyclic amines) is 1. The topological polar surface area (TPSA) is 66.8 Å². The molecule has 1 aliphatic carbocycles. The summed E-state index contributed by atoms with van der Waals surface area (Å²) in [6.45, 7) is 0. The quantitative estimate of drug-likeness (QED) is 0.420. The zero-order valence-corrected chi connectivity index (χ0v) is 17.6. The molecule has 1 amide bonds. The predicted octanol–water partition coefficient (Wildman–Crippen LogP) is 5.10. The summed E-state index contributed by atoms with van der Waals surface area (Å²) < 4.78 is 5.36. The Kier molecular flexibility index (Phi) is 5.82. The molecule has 1 saturated carbocycles. The summed E-state index contributed by atoms with van der Waals surface area (Å²) in [6, 6.07) is 13.3. The largest absolute Gasteiger partial charge is 0.507 e. The lowest BCUT2D eigenvalue weighted by molar-refractivity contribution is -0.141. The summed E-state index contributed by atoms with van der Waals surface area (Å²) in [5.74, 6) is -0.796. The molecule has 2 fully saturated rings. The molecule has 1 saturated heterocycles. The Bertz CT molecular complexity index is 1010. The first kappa shape index (κ1) is 20.5. The lowest BCUT2D eigenvalue weighted by Crippen LogP contribution is -2.40. The highest BCUT2D eigenvalue weighted by Gasteiger charge is 2.48. The molecule has 1 atom stereocenters. The van der Waals surface area contributed by atoms with Gasteiger partial charge in [-0.15, -0.1) is 0 Å². The molecule has 30 heavy (non-hydrogen) atoms. The van der Waals surface area contributed by atoms with Crippen LogP contribution in [0.4, 0.5) is 0 Å². The van der Waals surface area contributed by atoms with E-state index in [4.69, 9.17) is 16.3 Å². The van der Waals surface area contributed by atoms with Crippen LogP contribution in [0, 0.1) is 0 Å². The molecule has 0 aromatic heterocycles. The monoisotopic (exact) mass is 425 g/mol. The van der Waals surface area contributed by atoms with E-state index in [1.54, 1.807) is 36.3 Å². The molecule has 0 radical (unpaired) electrons. The number of methoxy groups -OCH3 is 1. The summed E-state index contributed by atoms with van der Waals surface area (Å²) >= 11 is 6.09. The van der Waals surface area contributed by atoms with Crippen molar-refractivity contribution < 1.29 is 19.4 Å². The normalized spacial score (nSPS) is 21.8. The zero-order valence-electron chi connectivity index (χ0n) is 16.8. The maximum atomic E-state index is 13.1. The second kappa shape index (κ2) is 8.52. The van der Waals surface area contributed by atoms with E-state index in [1.807, 2.05) is 24.3 Å². The Balaban J connectivity index is 1.89. The van der Waals surface area contributed by atoms with Crippen LogP contribution in [0.2, 0.25) is 5.02 Å². The number of carbonyl (C=O) groups excluding carboxylic acids is 2. The fraction of sp³-hybridized carbons (Fsp3) is 0.333. The third-order valence-electron chi connectivity index (χ3n) is 5.96. The second-order valence-electron chi connectivity index (χ2n) is 7.79. The van der Waals surface area contributed by atoms with Gasteiger partial charge in [0.1, 0.15) is 11.5 Å². The number of aliphatic hydroxyl groups is 1. The predicted molar refractivity (Wildman–Crippen MR) is 115 cm³/mol. The highest BCUT2D eigenvalue weighted by atomic mass is 35.5. The summed E-state index contributed by atoms with van der Waals surface area (Å²) in [7, 11) is 1.57. The van der Waals surface area contributed by atoms with E-state index < -0.39 is 17.7 Å². The van der Waals surface area contributed by atoms with E-state index in [9.17, 15) is 14.7 Å². The van der Waals surface area contributed by atoms with E-state index in [-0.39, 0.29) is 17.4 Å². The first-order chi connectivity index (χ1) is 14.5. The second-order valence-corrected chi connectivity index (χ2v) is 8.22. The SMILES string of the molecule is COc1cccc(C2/C(=C(/O)c3cccc(Cl)c3)C(=O)C(=O)N2C2CCCCC2)c1. The van der Waals surface area contributed by atoms with Gasteiger partial charge in [0.2, 0.25) is 0 Å². The van der Waals surface area contributed by atoms with Gasteiger partial charge in [0, 0.05) is 16.6 Å². The van der Waals surface area contributed by atoms with Crippen molar-refractivity contribution in [2.24, 2.45) is 0 Å². The molecule has 2 aromatic carbocycles. The molecular weight excluding hydrogens is 402 g/mol. The molecule has 2 aromatic rings. The minimum absolute atomic E-state index is 0.0314. The molecule has 1 unspecified atom stereocenters. The van der Waals surface area contributed by atoms with Gasteiger partial charge < -0.3 is 14.7 Å². The first-order valence-electron chi connectivity index (χ1n) is 10.2. The van der Waals surface area contributed by atoms with Crippen LogP contribution in [0.25, 0.3) is 5.76 Å². The third-order valence-corrected chi connectivity index (χ3v) is 6.19. The van der Waals surface area contributed by atoms with Crippen molar-refractivity contribution in [3.8, 4) is 5.75 Å². The lowest BCUT2D eigenvalue weighted by Gasteiger charge is -2.35. The maximum absolute atomic E-state index is 13.1. The van der Waals surface area contributed by atoms with Gasteiger partial charge in [-0.05, 0) is 42.7 Å². The van der Waals surface area contributed by atoms with Gasteiger partial charge in [0.05, 0.1) is 18.7 Å². The number of halogens is 1. The van der Waals surface area contributed by atoms with Crippen molar-refractivity contribution in [1.29, 1.82) is 0 Å². The molecular formula is C24H24ClNO4. The number of hydrogen-bond donors (Lipinski definition) is 1. The van der Waals surface area contributed by atoms with Crippen molar-refractivity contribution in [2.45, 2.75) is 44.2 Å². The molecule has 4 rings (SSSR count). The average Bonchev–Trinajstić information content (AvgIpc) is 3.04. The molecule has 0 spiro atoms. The minimum Gasteiger partial charge on any atom is -0.507 e. The Morgan fingerprint density at radius 3 is 2.50 bits per heavy atom. The Hall–Kier alpha value is -2.79. The van der Waals surface area contributed by atoms with E-state index in [0.717, 1.165) is 37.7 Å². The van der Waals surface area contributed by atoms with Gasteiger partial charge in [0.25, 0.3) is 11.7 Å². The van der Waals surface area contributed by atoms with Gasteiger partial charge in [-0.25, -0.2) is 0 Å². The number of hydrogen-bond acceptors (Lipinski definition) is 4. The van der Waals surface area contributed by atoms with Crippen LogP contribution in [-0.4, -0.2) is 34.8 Å². The van der Waals surface area contributed by atoms with Crippen molar-refractivity contribution in [3.63, 3.8) is 0 Å². The lowest BCUT2D eigenvalue weighted by atomic mass is 9.91. The fourth-order valence-electron chi connectivity index (χ4n) is 4.52. The number of benzene rings is 2. The van der Waals surface area contributed by atoms with E-state index in [2.05, 4.69) is 0 Å². The van der Waals surface area contributed by atoms with Crippen LogP contribution in [-0.2, 0) is 9.59 Å². The van der Waals surface area contributed by atoms with Crippen molar-refractivity contribution in [3.05, 3.63) is 70.3 Å². The number of ether oxygens (including phenoxy) is 1. The molecule has 1 aliphatic heterocycles. The molecule has 5 nitrogen and oxygen atoms in total. The first-order valence-corrected chi connectivity index (χ1v) is 10.6. The minimum atomic E-state index is -0.665. The maximum Gasteiger partial charge on any atom is 0.295 e. The van der Waals surface area contributed by atoms with Crippen LogP contribution < -0.4 is 4.74 Å². The molecule has 1 N–H and O–H groups in total. The Morgan fingerprint density at radius 2 is 1.80 bits per heavy atom. The molecule has 6 heteroatoms. The summed E-state index contributed by atoms with van der Waals surface area (Å²) in [5.41, 5.74) is 1.25. The number of carbonyl (C=O) groups is 2. The Morgan fingerprint density at radius 1 is 1.07 bits per heavy atom. The van der Waals surface area contributed by atoms with Crippen LogP contribution >= 0.6 is 11.6 Å². The van der Waals surface area contributed by atoms with E-state index >= 15 is 0 Å². The van der Waals surface area contributed by atoms with Crippen LogP contribution in [0.5, 0.6) is 5.75 Å². The third kappa shape index (κ3) is 3.70. The number of ketones is 1. The van der Waals surface area contributed by atoms with Gasteiger partial charge in [0.15, 0.2) is 0 Å².